The van der Waals surface area contributed by atoms with E-state index in [2.05, 4.69) is 10.1 Å². The van der Waals surface area contributed by atoms with Crippen molar-refractivity contribution in [3.8, 4) is 5.13 Å². The SMILES string of the molecule is Cc1nn(-c2nc3ccccc3s2)c(Cl)c1C. The fourth-order valence-corrected chi connectivity index (χ4v) is 2.88. The van der Waals surface area contributed by atoms with Crippen LogP contribution < -0.4 is 0 Å². The van der Waals surface area contributed by atoms with Crippen LogP contribution in [-0.4, -0.2) is 14.8 Å². The van der Waals surface area contributed by atoms with Crippen LogP contribution in [-0.2, 0) is 0 Å². The van der Waals surface area contributed by atoms with Gasteiger partial charge in [-0.1, -0.05) is 35.1 Å². The molecule has 0 aliphatic rings. The molecule has 0 unspecified atom stereocenters. The molecule has 0 saturated carbocycles. The van der Waals surface area contributed by atoms with Crippen molar-refractivity contribution in [3.05, 3.63) is 40.7 Å². The minimum atomic E-state index is 0.640. The van der Waals surface area contributed by atoms with Crippen LogP contribution in [0.2, 0.25) is 5.15 Å². The molecule has 3 rings (SSSR count). The van der Waals surface area contributed by atoms with E-state index < -0.39 is 0 Å². The van der Waals surface area contributed by atoms with Gasteiger partial charge in [0.15, 0.2) is 0 Å². The third kappa shape index (κ3) is 1.64. The van der Waals surface area contributed by atoms with E-state index in [1.165, 1.54) is 0 Å². The number of para-hydroxylation sites is 1. The molecule has 0 N–H and O–H groups in total. The zero-order valence-electron chi connectivity index (χ0n) is 9.44. The third-order valence-corrected chi connectivity index (χ3v) is 4.21. The minimum absolute atomic E-state index is 0.640. The van der Waals surface area contributed by atoms with Gasteiger partial charge in [0.25, 0.3) is 0 Å². The Bertz CT molecular complexity index is 666. The number of fused-ring (bicyclic) bond motifs is 1. The Morgan fingerprint density at radius 1 is 1.24 bits per heavy atom. The predicted octanol–water partition coefficient (Wildman–Crippen LogP) is 3.75. The van der Waals surface area contributed by atoms with Crippen LogP contribution in [0, 0.1) is 13.8 Å². The van der Waals surface area contributed by atoms with Crippen molar-refractivity contribution >= 4 is 33.2 Å². The van der Waals surface area contributed by atoms with E-state index in [0.717, 1.165) is 26.6 Å². The molecule has 0 saturated heterocycles. The lowest BCUT2D eigenvalue weighted by Gasteiger charge is -1.95. The Hall–Kier alpha value is -1.39. The molecule has 3 nitrogen and oxygen atoms in total. The number of benzene rings is 1. The summed E-state index contributed by atoms with van der Waals surface area (Å²) < 4.78 is 2.85. The first-order valence-corrected chi connectivity index (χ1v) is 6.44. The second-order valence-corrected chi connectivity index (χ2v) is 5.24. The van der Waals surface area contributed by atoms with Crippen LogP contribution in [0.3, 0.4) is 0 Å². The van der Waals surface area contributed by atoms with Gasteiger partial charge in [-0.05, 0) is 26.0 Å². The summed E-state index contributed by atoms with van der Waals surface area (Å²) in [5.41, 5.74) is 2.93. The van der Waals surface area contributed by atoms with Gasteiger partial charge in [0.1, 0.15) is 5.15 Å². The van der Waals surface area contributed by atoms with E-state index in [0.29, 0.717) is 5.15 Å². The molecular weight excluding hydrogens is 254 g/mol. The van der Waals surface area contributed by atoms with Gasteiger partial charge in [0.05, 0.1) is 15.9 Å². The number of thiazole rings is 1. The molecule has 0 amide bonds. The number of hydrogen-bond acceptors (Lipinski definition) is 3. The highest BCUT2D eigenvalue weighted by atomic mass is 35.5. The van der Waals surface area contributed by atoms with Crippen LogP contribution in [0.4, 0.5) is 0 Å². The molecular formula is C12H10ClN3S. The Balaban J connectivity index is 2.23. The summed E-state index contributed by atoms with van der Waals surface area (Å²) in [6.45, 7) is 3.92. The van der Waals surface area contributed by atoms with Gasteiger partial charge in [0.2, 0.25) is 5.13 Å². The fourth-order valence-electron chi connectivity index (χ4n) is 1.65. The average Bonchev–Trinajstić information content (AvgIpc) is 2.86. The van der Waals surface area contributed by atoms with Crippen molar-refractivity contribution in [1.82, 2.24) is 14.8 Å². The first kappa shape index (κ1) is 10.7. The lowest BCUT2D eigenvalue weighted by atomic mass is 10.3. The molecule has 1 aromatic carbocycles. The molecule has 17 heavy (non-hydrogen) atoms. The van der Waals surface area contributed by atoms with E-state index in [-0.39, 0.29) is 0 Å². The van der Waals surface area contributed by atoms with Gasteiger partial charge in [-0.25, -0.2) is 4.98 Å². The summed E-state index contributed by atoms with van der Waals surface area (Å²) in [6.07, 6.45) is 0. The van der Waals surface area contributed by atoms with Gasteiger partial charge in [-0.2, -0.15) is 9.78 Å². The Morgan fingerprint density at radius 3 is 2.65 bits per heavy atom. The summed E-state index contributed by atoms with van der Waals surface area (Å²) in [6, 6.07) is 8.03. The molecule has 0 atom stereocenters. The Labute approximate surface area is 108 Å². The fraction of sp³-hybridized carbons (Fsp3) is 0.167. The van der Waals surface area contributed by atoms with Crippen molar-refractivity contribution in [2.24, 2.45) is 0 Å². The average molecular weight is 264 g/mol. The van der Waals surface area contributed by atoms with Crippen molar-refractivity contribution in [3.63, 3.8) is 0 Å². The first-order chi connectivity index (χ1) is 8.16. The highest BCUT2D eigenvalue weighted by Crippen LogP contribution is 2.28. The Morgan fingerprint density at radius 2 is 2.00 bits per heavy atom. The maximum atomic E-state index is 6.24. The summed E-state index contributed by atoms with van der Waals surface area (Å²) in [5, 5.41) is 5.86. The molecule has 0 fully saturated rings. The standard InChI is InChI=1S/C12H10ClN3S/c1-7-8(2)15-16(11(7)13)12-14-9-5-3-4-6-10(9)17-12/h3-6H,1-2H3. The lowest BCUT2D eigenvalue weighted by Crippen LogP contribution is -1.95. The van der Waals surface area contributed by atoms with E-state index in [1.807, 2.05) is 38.1 Å². The lowest BCUT2D eigenvalue weighted by molar-refractivity contribution is 0.856. The van der Waals surface area contributed by atoms with E-state index in [9.17, 15) is 0 Å². The Kier molecular flexibility index (Phi) is 2.42. The smallest absolute Gasteiger partial charge is 0.212 e. The van der Waals surface area contributed by atoms with E-state index in [1.54, 1.807) is 16.0 Å². The van der Waals surface area contributed by atoms with Crippen LogP contribution in [0.15, 0.2) is 24.3 Å². The first-order valence-electron chi connectivity index (χ1n) is 5.24. The molecule has 2 aromatic heterocycles. The molecule has 0 spiro atoms. The van der Waals surface area contributed by atoms with Crippen molar-refractivity contribution < 1.29 is 0 Å². The number of aromatic nitrogens is 3. The molecule has 2 heterocycles. The van der Waals surface area contributed by atoms with Gasteiger partial charge in [-0.3, -0.25) is 0 Å². The van der Waals surface area contributed by atoms with Crippen molar-refractivity contribution in [2.75, 3.05) is 0 Å². The number of aryl methyl sites for hydroxylation is 1. The van der Waals surface area contributed by atoms with Gasteiger partial charge < -0.3 is 0 Å². The maximum Gasteiger partial charge on any atom is 0.212 e. The maximum absolute atomic E-state index is 6.24. The molecule has 0 aliphatic heterocycles. The largest absolute Gasteiger partial charge is 0.218 e. The molecule has 5 heteroatoms. The molecule has 0 radical (unpaired) electrons. The molecule has 0 bridgehead atoms. The summed E-state index contributed by atoms with van der Waals surface area (Å²) in [5.74, 6) is 0. The number of rotatable bonds is 1. The highest BCUT2D eigenvalue weighted by molar-refractivity contribution is 7.20. The number of hydrogen-bond donors (Lipinski definition) is 0. The van der Waals surface area contributed by atoms with Crippen LogP contribution >= 0.6 is 22.9 Å². The zero-order chi connectivity index (χ0) is 12.0. The molecule has 86 valence electrons. The normalized spacial score (nSPS) is 11.2. The second kappa shape index (κ2) is 3.82. The second-order valence-electron chi connectivity index (χ2n) is 3.88. The van der Waals surface area contributed by atoms with E-state index in [4.69, 9.17) is 11.6 Å². The minimum Gasteiger partial charge on any atom is -0.218 e. The predicted molar refractivity (Wildman–Crippen MR) is 71.2 cm³/mol. The topological polar surface area (TPSA) is 30.7 Å². The third-order valence-electron chi connectivity index (χ3n) is 2.75. The number of nitrogens with zero attached hydrogens (tertiary/aromatic N) is 3. The van der Waals surface area contributed by atoms with E-state index >= 15 is 0 Å². The van der Waals surface area contributed by atoms with Gasteiger partial charge in [-0.15, -0.1) is 0 Å². The van der Waals surface area contributed by atoms with Crippen molar-refractivity contribution in [2.45, 2.75) is 13.8 Å². The summed E-state index contributed by atoms with van der Waals surface area (Å²) in [4.78, 5) is 4.53. The zero-order valence-corrected chi connectivity index (χ0v) is 11.0. The van der Waals surface area contributed by atoms with Crippen LogP contribution in [0.25, 0.3) is 15.3 Å². The highest BCUT2D eigenvalue weighted by Gasteiger charge is 2.13. The monoisotopic (exact) mass is 263 g/mol. The van der Waals surface area contributed by atoms with Crippen molar-refractivity contribution in [1.29, 1.82) is 0 Å². The molecule has 0 aliphatic carbocycles. The summed E-state index contributed by atoms with van der Waals surface area (Å²) >= 11 is 7.83. The summed E-state index contributed by atoms with van der Waals surface area (Å²) in [7, 11) is 0. The van der Waals surface area contributed by atoms with Crippen LogP contribution in [0.5, 0.6) is 0 Å². The van der Waals surface area contributed by atoms with Gasteiger partial charge in [0, 0.05) is 5.56 Å². The quantitative estimate of drug-likeness (QED) is 0.669. The molecule has 3 aromatic rings. The van der Waals surface area contributed by atoms with Crippen LogP contribution in [0.1, 0.15) is 11.3 Å². The van der Waals surface area contributed by atoms with Gasteiger partial charge >= 0.3 is 0 Å². The number of halogens is 1.